The SMILES string of the molecule is CCN(Cc1ccc(Cl)cc1)C(C)CC(=O)O. The van der Waals surface area contributed by atoms with Crippen LogP contribution in [0.5, 0.6) is 0 Å². The maximum atomic E-state index is 10.7. The molecule has 1 aromatic rings. The molecule has 0 saturated heterocycles. The fraction of sp³-hybridized carbons (Fsp3) is 0.462. The first-order valence-corrected chi connectivity index (χ1v) is 6.11. The molecule has 0 aromatic heterocycles. The third-order valence-electron chi connectivity index (χ3n) is 2.80. The molecule has 0 spiro atoms. The van der Waals surface area contributed by atoms with Gasteiger partial charge in [-0.05, 0) is 31.2 Å². The maximum absolute atomic E-state index is 10.7. The summed E-state index contributed by atoms with van der Waals surface area (Å²) >= 11 is 5.82. The zero-order valence-electron chi connectivity index (χ0n) is 10.2. The Labute approximate surface area is 107 Å². The number of benzene rings is 1. The molecule has 1 rings (SSSR count). The normalized spacial score (nSPS) is 12.7. The standard InChI is InChI=1S/C13H18ClNO2/c1-3-15(10(2)8-13(16)17)9-11-4-6-12(14)7-5-11/h4-7,10H,3,8-9H2,1-2H3,(H,16,17). The van der Waals surface area contributed by atoms with Crippen LogP contribution in [-0.2, 0) is 11.3 Å². The molecule has 3 nitrogen and oxygen atoms in total. The molecule has 1 aromatic carbocycles. The molecule has 0 aliphatic heterocycles. The summed E-state index contributed by atoms with van der Waals surface area (Å²) in [6.07, 6.45) is 0.168. The predicted octanol–water partition coefficient (Wildman–Crippen LogP) is 3.03. The van der Waals surface area contributed by atoms with Crippen molar-refractivity contribution in [2.24, 2.45) is 0 Å². The number of halogens is 1. The van der Waals surface area contributed by atoms with E-state index < -0.39 is 5.97 Å². The molecular formula is C13H18ClNO2. The summed E-state index contributed by atoms with van der Waals surface area (Å²) in [6, 6.07) is 7.68. The second kappa shape index (κ2) is 6.62. The van der Waals surface area contributed by atoms with Crippen LogP contribution < -0.4 is 0 Å². The Balaban J connectivity index is 2.62. The van der Waals surface area contributed by atoms with E-state index in [2.05, 4.69) is 4.90 Å². The lowest BCUT2D eigenvalue weighted by atomic mass is 10.1. The maximum Gasteiger partial charge on any atom is 0.304 e. The molecule has 1 atom stereocenters. The number of carboxylic acid groups (broad SMARTS) is 1. The van der Waals surface area contributed by atoms with Crippen molar-refractivity contribution >= 4 is 17.6 Å². The van der Waals surface area contributed by atoms with Gasteiger partial charge in [-0.25, -0.2) is 0 Å². The van der Waals surface area contributed by atoms with Crippen molar-refractivity contribution in [2.45, 2.75) is 32.9 Å². The van der Waals surface area contributed by atoms with E-state index in [4.69, 9.17) is 16.7 Å². The number of carbonyl (C=O) groups is 1. The van der Waals surface area contributed by atoms with Gasteiger partial charge in [0.05, 0.1) is 6.42 Å². The quantitative estimate of drug-likeness (QED) is 0.850. The van der Waals surface area contributed by atoms with Crippen LogP contribution in [-0.4, -0.2) is 28.6 Å². The summed E-state index contributed by atoms with van der Waals surface area (Å²) in [6.45, 7) is 5.56. The van der Waals surface area contributed by atoms with Gasteiger partial charge in [0.25, 0.3) is 0 Å². The average molecular weight is 256 g/mol. The van der Waals surface area contributed by atoms with E-state index in [-0.39, 0.29) is 12.5 Å². The van der Waals surface area contributed by atoms with Gasteiger partial charge >= 0.3 is 5.97 Å². The molecule has 0 aliphatic carbocycles. The van der Waals surface area contributed by atoms with Crippen LogP contribution in [0.25, 0.3) is 0 Å². The van der Waals surface area contributed by atoms with E-state index >= 15 is 0 Å². The Hall–Kier alpha value is -1.06. The van der Waals surface area contributed by atoms with E-state index in [1.165, 1.54) is 0 Å². The fourth-order valence-electron chi connectivity index (χ4n) is 1.79. The molecule has 0 saturated carbocycles. The minimum Gasteiger partial charge on any atom is -0.481 e. The van der Waals surface area contributed by atoms with E-state index in [0.717, 1.165) is 23.7 Å². The first-order chi connectivity index (χ1) is 8.02. The second-order valence-electron chi connectivity index (χ2n) is 4.14. The van der Waals surface area contributed by atoms with Gasteiger partial charge < -0.3 is 5.11 Å². The van der Waals surface area contributed by atoms with Crippen molar-refractivity contribution in [1.82, 2.24) is 4.90 Å². The Morgan fingerprint density at radius 3 is 2.47 bits per heavy atom. The van der Waals surface area contributed by atoms with Gasteiger partial charge in [-0.1, -0.05) is 30.7 Å². The van der Waals surface area contributed by atoms with E-state index in [1.807, 2.05) is 38.1 Å². The van der Waals surface area contributed by atoms with E-state index in [1.54, 1.807) is 0 Å². The van der Waals surface area contributed by atoms with Crippen molar-refractivity contribution in [1.29, 1.82) is 0 Å². The van der Waals surface area contributed by atoms with Crippen LogP contribution in [0.15, 0.2) is 24.3 Å². The summed E-state index contributed by atoms with van der Waals surface area (Å²) in [5.74, 6) is -0.757. The molecule has 0 heterocycles. The van der Waals surface area contributed by atoms with Gasteiger partial charge in [0.1, 0.15) is 0 Å². The lowest BCUT2D eigenvalue weighted by Gasteiger charge is -2.26. The number of rotatable bonds is 6. The van der Waals surface area contributed by atoms with Gasteiger partial charge in [-0.3, -0.25) is 9.69 Å². The Kier molecular flexibility index (Phi) is 5.45. The molecule has 0 bridgehead atoms. The average Bonchev–Trinajstić information content (AvgIpc) is 2.27. The molecule has 94 valence electrons. The molecule has 0 amide bonds. The van der Waals surface area contributed by atoms with Crippen LogP contribution in [0.1, 0.15) is 25.8 Å². The Morgan fingerprint density at radius 1 is 1.41 bits per heavy atom. The van der Waals surface area contributed by atoms with E-state index in [0.29, 0.717) is 0 Å². The highest BCUT2D eigenvalue weighted by Gasteiger charge is 2.15. The van der Waals surface area contributed by atoms with Gasteiger partial charge in [-0.2, -0.15) is 0 Å². The molecule has 1 N–H and O–H groups in total. The summed E-state index contributed by atoms with van der Waals surface area (Å²) in [5.41, 5.74) is 1.15. The van der Waals surface area contributed by atoms with Crippen molar-refractivity contribution in [3.05, 3.63) is 34.9 Å². The van der Waals surface area contributed by atoms with Crippen molar-refractivity contribution in [3.63, 3.8) is 0 Å². The number of carboxylic acids is 1. The summed E-state index contributed by atoms with van der Waals surface area (Å²) in [4.78, 5) is 12.8. The predicted molar refractivity (Wildman–Crippen MR) is 69.3 cm³/mol. The van der Waals surface area contributed by atoms with Gasteiger partial charge in [0.2, 0.25) is 0 Å². The number of hydrogen-bond acceptors (Lipinski definition) is 2. The van der Waals surface area contributed by atoms with Crippen molar-refractivity contribution in [3.8, 4) is 0 Å². The molecular weight excluding hydrogens is 238 g/mol. The highest BCUT2D eigenvalue weighted by atomic mass is 35.5. The van der Waals surface area contributed by atoms with E-state index in [9.17, 15) is 4.79 Å². The van der Waals surface area contributed by atoms with Crippen LogP contribution in [0.2, 0.25) is 5.02 Å². The number of hydrogen-bond donors (Lipinski definition) is 1. The first kappa shape index (κ1) is 14.0. The topological polar surface area (TPSA) is 40.5 Å². The molecule has 1 unspecified atom stereocenters. The second-order valence-corrected chi connectivity index (χ2v) is 4.57. The van der Waals surface area contributed by atoms with Gasteiger partial charge in [0, 0.05) is 17.6 Å². The number of aliphatic carboxylic acids is 1. The summed E-state index contributed by atoms with van der Waals surface area (Å²) < 4.78 is 0. The van der Waals surface area contributed by atoms with Crippen molar-refractivity contribution in [2.75, 3.05) is 6.54 Å². The Bertz CT molecular complexity index is 364. The van der Waals surface area contributed by atoms with Gasteiger partial charge in [0.15, 0.2) is 0 Å². The van der Waals surface area contributed by atoms with Crippen LogP contribution in [0, 0.1) is 0 Å². The van der Waals surface area contributed by atoms with Crippen LogP contribution in [0.4, 0.5) is 0 Å². The lowest BCUT2D eigenvalue weighted by Crippen LogP contribution is -2.34. The highest BCUT2D eigenvalue weighted by Crippen LogP contribution is 2.14. The highest BCUT2D eigenvalue weighted by molar-refractivity contribution is 6.30. The third-order valence-corrected chi connectivity index (χ3v) is 3.05. The molecule has 4 heteroatoms. The number of nitrogens with zero attached hydrogens (tertiary/aromatic N) is 1. The minimum absolute atomic E-state index is 0.0354. The lowest BCUT2D eigenvalue weighted by molar-refractivity contribution is -0.138. The van der Waals surface area contributed by atoms with Crippen molar-refractivity contribution < 1.29 is 9.90 Å². The molecule has 0 aliphatic rings. The summed E-state index contributed by atoms with van der Waals surface area (Å²) in [7, 11) is 0. The first-order valence-electron chi connectivity index (χ1n) is 5.73. The molecule has 0 fully saturated rings. The Morgan fingerprint density at radius 2 is 2.00 bits per heavy atom. The monoisotopic (exact) mass is 255 g/mol. The van der Waals surface area contributed by atoms with Crippen LogP contribution in [0.3, 0.4) is 0 Å². The van der Waals surface area contributed by atoms with Gasteiger partial charge in [-0.15, -0.1) is 0 Å². The fourth-order valence-corrected chi connectivity index (χ4v) is 1.91. The summed E-state index contributed by atoms with van der Waals surface area (Å²) in [5, 5.41) is 9.50. The molecule has 0 radical (unpaired) electrons. The van der Waals surface area contributed by atoms with Crippen LogP contribution >= 0.6 is 11.6 Å². The zero-order valence-corrected chi connectivity index (χ0v) is 10.9. The molecule has 17 heavy (non-hydrogen) atoms. The largest absolute Gasteiger partial charge is 0.481 e. The minimum atomic E-state index is -0.757. The third kappa shape index (κ3) is 4.75. The smallest absolute Gasteiger partial charge is 0.304 e. The zero-order chi connectivity index (χ0) is 12.8.